The molecule has 6 rings (SSSR count). The number of aliphatic hydroxyl groups is 1. The van der Waals surface area contributed by atoms with Crippen molar-refractivity contribution in [3.05, 3.63) is 59.7 Å². The zero-order valence-electron chi connectivity index (χ0n) is 30.5. The first-order valence-electron chi connectivity index (χ1n) is 18.1. The van der Waals surface area contributed by atoms with Crippen molar-refractivity contribution in [1.29, 1.82) is 0 Å². The monoisotopic (exact) mass is 697 g/mol. The van der Waals surface area contributed by atoms with E-state index < -0.39 is 75.9 Å². The molecular weight excluding hydrogens is 641 g/mol. The summed E-state index contributed by atoms with van der Waals surface area (Å²) in [6.45, 7) is 24.1. The second kappa shape index (κ2) is 12.8. The third kappa shape index (κ3) is 5.31. The highest BCUT2D eigenvalue weighted by Crippen LogP contribution is 2.67. The zero-order valence-corrected chi connectivity index (χ0v) is 32.5. The van der Waals surface area contributed by atoms with Gasteiger partial charge in [-0.05, 0) is 80.3 Å². The molecule has 48 heavy (non-hydrogen) atoms. The number of carbonyl (C=O) groups is 1. The number of hydrogen-bond acceptors (Lipinski definition) is 8. The van der Waals surface area contributed by atoms with Crippen LogP contribution in [0.25, 0.3) is 0 Å². The highest BCUT2D eigenvalue weighted by molar-refractivity contribution is 6.73. The molecule has 8 nitrogen and oxygen atoms in total. The molecule has 9 unspecified atom stereocenters. The van der Waals surface area contributed by atoms with Crippen molar-refractivity contribution in [2.24, 2.45) is 16.7 Å². The number of esters is 1. The fourth-order valence-corrected chi connectivity index (χ4v) is 14.3. The zero-order chi connectivity index (χ0) is 34.9. The maximum Gasteiger partial charge on any atom is 0.338 e. The number of hydrogen-bond donors (Lipinski definition) is 1. The van der Waals surface area contributed by atoms with E-state index in [1.54, 1.807) is 18.2 Å². The summed E-state index contributed by atoms with van der Waals surface area (Å²) in [5, 5.41) is 12.8. The van der Waals surface area contributed by atoms with Crippen molar-refractivity contribution in [2.45, 2.75) is 147 Å². The Hall–Kier alpha value is -1.64. The van der Waals surface area contributed by atoms with Gasteiger partial charge < -0.3 is 32.9 Å². The first kappa shape index (κ1) is 36.2. The lowest BCUT2D eigenvalue weighted by molar-refractivity contribution is -0.341. The van der Waals surface area contributed by atoms with Gasteiger partial charge in [-0.1, -0.05) is 66.3 Å². The normalized spacial score (nSPS) is 40.2. The standard InChI is InChI=1S/C38H57O8Si2/c1-11-28-42-30-29-24(5)26(45-48(12-2,13-3)14-4)22-38(35(29,6)7,46-47(9)10)33(44-34(39)25-18-16-15-17-19-25)31-36(8,32(30)43-28)21-20-27-37(31,40)23-41-27/h11,15-19,26-28,30-33,40H,1,12-14,20-23H2,2-10H3/t26?,27?,28?,30?,31?,32?,33?,36-,37?,38?/m1/s1. The van der Waals surface area contributed by atoms with E-state index in [0.717, 1.165) is 29.3 Å². The quantitative estimate of drug-likeness (QED) is 0.156. The third-order valence-electron chi connectivity index (χ3n) is 13.1. The number of carbonyl (C=O) groups excluding carboxylic acids is 1. The summed E-state index contributed by atoms with van der Waals surface area (Å²) in [5.41, 5.74) is -0.947. The van der Waals surface area contributed by atoms with Gasteiger partial charge >= 0.3 is 5.97 Å². The molecule has 1 radical (unpaired) electrons. The van der Waals surface area contributed by atoms with Crippen molar-refractivity contribution in [2.75, 3.05) is 6.61 Å². The van der Waals surface area contributed by atoms with Crippen LogP contribution in [0.3, 0.4) is 0 Å². The molecule has 0 amide bonds. The third-order valence-corrected chi connectivity index (χ3v) is 18.5. The summed E-state index contributed by atoms with van der Waals surface area (Å²) in [4.78, 5) is 14.4. The summed E-state index contributed by atoms with van der Waals surface area (Å²) in [6.07, 6.45) is 0.620. The van der Waals surface area contributed by atoms with Crippen LogP contribution in [0.15, 0.2) is 54.1 Å². The van der Waals surface area contributed by atoms with Gasteiger partial charge in [0, 0.05) is 23.2 Å². The summed E-state index contributed by atoms with van der Waals surface area (Å²) >= 11 is 0. The van der Waals surface area contributed by atoms with E-state index in [1.165, 1.54) is 0 Å². The van der Waals surface area contributed by atoms with E-state index in [9.17, 15) is 9.90 Å². The van der Waals surface area contributed by atoms with Crippen molar-refractivity contribution in [3.63, 3.8) is 0 Å². The average Bonchev–Trinajstić information content (AvgIpc) is 3.48. The lowest BCUT2D eigenvalue weighted by atomic mass is 9.45. The molecule has 10 atom stereocenters. The minimum atomic E-state index is -2.13. The van der Waals surface area contributed by atoms with E-state index in [-0.39, 0.29) is 18.8 Å². The maximum atomic E-state index is 14.4. The minimum absolute atomic E-state index is 0.159. The van der Waals surface area contributed by atoms with E-state index >= 15 is 0 Å². The van der Waals surface area contributed by atoms with Crippen LogP contribution in [-0.2, 0) is 27.8 Å². The van der Waals surface area contributed by atoms with Crippen LogP contribution in [0.1, 0.15) is 78.1 Å². The lowest BCUT2D eigenvalue weighted by Crippen LogP contribution is -2.79. The number of rotatable bonds is 10. The van der Waals surface area contributed by atoms with Crippen LogP contribution in [0.2, 0.25) is 31.2 Å². The SMILES string of the molecule is C=CC1OC2C3=C(C)C(O[Si](CC)(CC)CC)CC(O[Si](C)C)(C(OC(=O)c4ccccc4)C4C5(O)COC5CC[C@@]4(C)C2O1)C3(C)C. The molecule has 2 bridgehead atoms. The van der Waals surface area contributed by atoms with Gasteiger partial charge in [-0.25, -0.2) is 4.79 Å². The van der Waals surface area contributed by atoms with Gasteiger partial charge in [-0.15, -0.1) is 0 Å². The molecule has 1 aromatic carbocycles. The molecule has 0 aromatic heterocycles. The Morgan fingerprint density at radius 3 is 2.33 bits per heavy atom. The largest absolute Gasteiger partial charge is 0.455 e. The fraction of sp³-hybridized carbons (Fsp3) is 0.711. The van der Waals surface area contributed by atoms with Crippen LogP contribution in [0.4, 0.5) is 0 Å². The summed E-state index contributed by atoms with van der Waals surface area (Å²) in [6, 6.07) is 12.2. The van der Waals surface area contributed by atoms with Crippen molar-refractivity contribution in [1.82, 2.24) is 0 Å². The molecule has 2 saturated carbocycles. The topological polar surface area (TPSA) is 92.7 Å². The smallest absolute Gasteiger partial charge is 0.338 e. The first-order valence-corrected chi connectivity index (χ1v) is 23.0. The minimum Gasteiger partial charge on any atom is -0.455 e. The predicted molar refractivity (Wildman–Crippen MR) is 189 cm³/mol. The number of ether oxygens (including phenoxy) is 4. The number of fused-ring (bicyclic) bond motifs is 8. The van der Waals surface area contributed by atoms with Crippen LogP contribution in [-0.4, -0.2) is 83.1 Å². The van der Waals surface area contributed by atoms with Crippen LogP contribution in [0, 0.1) is 16.7 Å². The van der Waals surface area contributed by atoms with Gasteiger partial charge in [-0.2, -0.15) is 0 Å². The van der Waals surface area contributed by atoms with Gasteiger partial charge in [0.2, 0.25) is 9.04 Å². The van der Waals surface area contributed by atoms with E-state index in [4.69, 9.17) is 27.8 Å². The van der Waals surface area contributed by atoms with Gasteiger partial charge in [-0.3, -0.25) is 0 Å². The highest BCUT2D eigenvalue weighted by atomic mass is 28.4. The van der Waals surface area contributed by atoms with E-state index in [0.29, 0.717) is 24.8 Å². The van der Waals surface area contributed by atoms with Crippen molar-refractivity contribution in [3.8, 4) is 0 Å². The molecule has 1 N–H and O–H groups in total. The maximum absolute atomic E-state index is 14.4. The average molecular weight is 698 g/mol. The van der Waals surface area contributed by atoms with Crippen LogP contribution in [0.5, 0.6) is 0 Å². The summed E-state index contributed by atoms with van der Waals surface area (Å²) in [7, 11) is -3.53. The van der Waals surface area contributed by atoms with Gasteiger partial charge in [0.25, 0.3) is 0 Å². The Balaban J connectivity index is 1.66. The Morgan fingerprint density at radius 2 is 1.77 bits per heavy atom. The summed E-state index contributed by atoms with van der Waals surface area (Å²) < 4.78 is 41.6. The fourth-order valence-electron chi connectivity index (χ4n) is 10.2. The van der Waals surface area contributed by atoms with E-state index in [1.807, 2.05) is 18.2 Å². The van der Waals surface area contributed by atoms with Crippen LogP contribution < -0.4 is 0 Å². The molecule has 2 aliphatic heterocycles. The molecule has 265 valence electrons. The second-order valence-corrected chi connectivity index (χ2v) is 22.6. The molecule has 0 spiro atoms. The van der Waals surface area contributed by atoms with Crippen LogP contribution >= 0.6 is 0 Å². The Kier molecular flexibility index (Phi) is 9.68. The molecular formula is C38H57O8Si2. The van der Waals surface area contributed by atoms with Gasteiger partial charge in [0.1, 0.15) is 23.4 Å². The molecule has 4 fully saturated rings. The van der Waals surface area contributed by atoms with Crippen molar-refractivity contribution >= 4 is 23.3 Å². The molecule has 2 heterocycles. The lowest BCUT2D eigenvalue weighted by Gasteiger charge is -2.68. The molecule has 5 aliphatic rings. The Morgan fingerprint density at radius 1 is 1.10 bits per heavy atom. The van der Waals surface area contributed by atoms with Gasteiger partial charge in [0.05, 0.1) is 30.5 Å². The van der Waals surface area contributed by atoms with E-state index in [2.05, 4.69) is 68.1 Å². The summed E-state index contributed by atoms with van der Waals surface area (Å²) in [5.74, 6) is -1.00. The van der Waals surface area contributed by atoms with Crippen molar-refractivity contribution < 1.29 is 37.7 Å². The number of benzene rings is 1. The predicted octanol–water partition coefficient (Wildman–Crippen LogP) is 7.21. The molecule has 10 heteroatoms. The highest BCUT2D eigenvalue weighted by Gasteiger charge is 2.76. The Labute approximate surface area is 290 Å². The molecule has 1 aromatic rings. The molecule has 3 aliphatic carbocycles. The molecule has 2 saturated heterocycles. The van der Waals surface area contributed by atoms with Gasteiger partial charge in [0.15, 0.2) is 14.6 Å². The second-order valence-electron chi connectivity index (χ2n) is 15.9. The Bertz CT molecular complexity index is 1400. The first-order chi connectivity index (χ1) is 22.7.